The monoisotopic (exact) mass is 524 g/mol. The summed E-state index contributed by atoms with van der Waals surface area (Å²) >= 11 is 1.16. The van der Waals surface area contributed by atoms with Gasteiger partial charge in [-0.05, 0) is 61.0 Å². The predicted molar refractivity (Wildman–Crippen MR) is 140 cm³/mol. The normalized spacial score (nSPS) is 12.3. The van der Waals surface area contributed by atoms with Gasteiger partial charge in [0.1, 0.15) is 5.75 Å². The van der Waals surface area contributed by atoms with E-state index in [0.29, 0.717) is 33.1 Å². The Kier molecular flexibility index (Phi) is 7.43. The number of anilines is 1. The van der Waals surface area contributed by atoms with Crippen molar-refractivity contribution in [3.8, 4) is 5.75 Å². The van der Waals surface area contributed by atoms with Crippen LogP contribution in [0.15, 0.2) is 87.6 Å². The molecule has 1 unspecified atom stereocenters. The van der Waals surface area contributed by atoms with Crippen LogP contribution >= 0.6 is 11.8 Å². The second-order valence-corrected chi connectivity index (χ2v) is 10.8. The topological polar surface area (TPSA) is 133 Å². The molecule has 1 aromatic heterocycles. The minimum absolute atomic E-state index is 0.0198. The summed E-state index contributed by atoms with van der Waals surface area (Å²) in [6.45, 7) is 1.87. The molecule has 186 valence electrons. The Morgan fingerprint density at radius 3 is 2.39 bits per heavy atom. The zero-order valence-corrected chi connectivity index (χ0v) is 21.2. The summed E-state index contributed by atoms with van der Waals surface area (Å²) in [5, 5.41) is 8.27. The second-order valence-electron chi connectivity index (χ2n) is 7.97. The Hall–Kier alpha value is -3.67. The number of carbonyl (C=O) groups excluding carboxylic acids is 1. The summed E-state index contributed by atoms with van der Waals surface area (Å²) in [5.41, 5.74) is 1.56. The minimum atomic E-state index is -3.83. The molecule has 0 saturated heterocycles. The van der Waals surface area contributed by atoms with Crippen LogP contribution in [-0.2, 0) is 21.4 Å². The van der Waals surface area contributed by atoms with Crippen LogP contribution in [0.25, 0.3) is 10.9 Å². The van der Waals surface area contributed by atoms with Crippen LogP contribution in [0, 0.1) is 0 Å². The SMILES string of the molecule is COc1ccc(NC(=O)C(C)Sc2nc3ccccc3c(=O)n2Cc2ccc(S(N)(=O)=O)cc2)cc1. The van der Waals surface area contributed by atoms with Crippen LogP contribution < -0.4 is 20.8 Å². The Morgan fingerprint density at radius 2 is 1.75 bits per heavy atom. The fourth-order valence-corrected chi connectivity index (χ4v) is 4.90. The van der Waals surface area contributed by atoms with E-state index in [-0.39, 0.29) is 22.9 Å². The number of nitrogens with zero attached hydrogens (tertiary/aromatic N) is 2. The van der Waals surface area contributed by atoms with E-state index in [9.17, 15) is 18.0 Å². The van der Waals surface area contributed by atoms with E-state index < -0.39 is 15.3 Å². The lowest BCUT2D eigenvalue weighted by Gasteiger charge is -2.17. The Morgan fingerprint density at radius 1 is 1.08 bits per heavy atom. The maximum absolute atomic E-state index is 13.4. The number of hydrogen-bond acceptors (Lipinski definition) is 7. The highest BCUT2D eigenvalue weighted by Gasteiger charge is 2.20. The van der Waals surface area contributed by atoms with Crippen LogP contribution in [0.5, 0.6) is 5.75 Å². The Bertz CT molecular complexity index is 1570. The molecule has 4 aromatic rings. The predicted octanol–water partition coefficient (Wildman–Crippen LogP) is 3.22. The number of benzene rings is 3. The molecule has 11 heteroatoms. The molecule has 3 aromatic carbocycles. The van der Waals surface area contributed by atoms with Gasteiger partial charge in [0.05, 0.1) is 34.7 Å². The number of ether oxygens (including phenoxy) is 1. The lowest BCUT2D eigenvalue weighted by Crippen LogP contribution is -2.27. The zero-order valence-electron chi connectivity index (χ0n) is 19.5. The molecular formula is C25H24N4O5S2. The number of aromatic nitrogens is 2. The summed E-state index contributed by atoms with van der Waals surface area (Å²) in [7, 11) is -2.26. The zero-order chi connectivity index (χ0) is 25.9. The Balaban J connectivity index is 1.63. The Labute approximate surface area is 212 Å². The van der Waals surface area contributed by atoms with Crippen LogP contribution in [0.2, 0.25) is 0 Å². The van der Waals surface area contributed by atoms with Gasteiger partial charge in [0, 0.05) is 5.69 Å². The number of amides is 1. The smallest absolute Gasteiger partial charge is 0.262 e. The lowest BCUT2D eigenvalue weighted by molar-refractivity contribution is -0.115. The van der Waals surface area contributed by atoms with Gasteiger partial charge in [0.15, 0.2) is 5.16 Å². The molecule has 4 rings (SSSR count). The molecule has 0 bridgehead atoms. The molecular weight excluding hydrogens is 500 g/mol. The van der Waals surface area contributed by atoms with Gasteiger partial charge in [-0.25, -0.2) is 18.5 Å². The number of nitrogens with two attached hydrogens (primary N) is 1. The van der Waals surface area contributed by atoms with Crippen molar-refractivity contribution < 1.29 is 17.9 Å². The first-order valence-electron chi connectivity index (χ1n) is 10.9. The number of rotatable bonds is 8. The molecule has 36 heavy (non-hydrogen) atoms. The van der Waals surface area contributed by atoms with E-state index in [1.54, 1.807) is 74.7 Å². The number of nitrogens with one attached hydrogen (secondary N) is 1. The number of para-hydroxylation sites is 1. The number of hydrogen-bond donors (Lipinski definition) is 2. The summed E-state index contributed by atoms with van der Waals surface area (Å²) in [4.78, 5) is 30.9. The lowest BCUT2D eigenvalue weighted by atomic mass is 10.2. The molecule has 1 atom stereocenters. The highest BCUT2D eigenvalue weighted by Crippen LogP contribution is 2.25. The highest BCUT2D eigenvalue weighted by atomic mass is 32.2. The van der Waals surface area contributed by atoms with Gasteiger partial charge in [0.2, 0.25) is 15.9 Å². The second kappa shape index (κ2) is 10.5. The number of carbonyl (C=O) groups is 1. The van der Waals surface area contributed by atoms with Crippen molar-refractivity contribution in [2.75, 3.05) is 12.4 Å². The molecule has 0 spiro atoms. The van der Waals surface area contributed by atoms with Crippen LogP contribution in [0.4, 0.5) is 5.69 Å². The van der Waals surface area contributed by atoms with Crippen molar-refractivity contribution in [2.45, 2.75) is 28.8 Å². The first-order chi connectivity index (χ1) is 17.2. The summed E-state index contributed by atoms with van der Waals surface area (Å²) in [6.07, 6.45) is 0. The largest absolute Gasteiger partial charge is 0.497 e. The molecule has 0 fully saturated rings. The highest BCUT2D eigenvalue weighted by molar-refractivity contribution is 8.00. The van der Waals surface area contributed by atoms with Gasteiger partial charge in [-0.2, -0.15) is 0 Å². The number of primary sulfonamides is 1. The van der Waals surface area contributed by atoms with Crippen molar-refractivity contribution in [1.82, 2.24) is 9.55 Å². The van der Waals surface area contributed by atoms with Gasteiger partial charge in [-0.1, -0.05) is 36.0 Å². The molecule has 0 aliphatic heterocycles. The molecule has 1 amide bonds. The number of sulfonamides is 1. The van der Waals surface area contributed by atoms with Gasteiger partial charge in [-0.3, -0.25) is 14.2 Å². The summed E-state index contributed by atoms with van der Waals surface area (Å²) < 4.78 is 29.8. The third-order valence-corrected chi connectivity index (χ3v) is 7.45. The number of methoxy groups -OCH3 is 1. The number of fused-ring (bicyclic) bond motifs is 1. The van der Waals surface area contributed by atoms with E-state index in [0.717, 1.165) is 11.8 Å². The van der Waals surface area contributed by atoms with Crippen LogP contribution in [0.3, 0.4) is 0 Å². The van der Waals surface area contributed by atoms with Crippen molar-refractivity contribution in [3.63, 3.8) is 0 Å². The van der Waals surface area contributed by atoms with E-state index in [1.807, 2.05) is 0 Å². The van der Waals surface area contributed by atoms with Gasteiger partial charge in [0.25, 0.3) is 5.56 Å². The van der Waals surface area contributed by atoms with E-state index in [1.165, 1.54) is 16.7 Å². The number of thioether (sulfide) groups is 1. The average Bonchev–Trinajstić information content (AvgIpc) is 2.86. The standard InChI is InChI=1S/C25H24N4O5S2/c1-16(23(30)27-18-9-11-19(34-2)12-10-18)35-25-28-22-6-4-3-5-21(22)24(31)29(25)15-17-7-13-20(14-8-17)36(26,32)33/h3-14,16H,15H2,1-2H3,(H,27,30)(H2,26,32,33). The van der Waals surface area contributed by atoms with Crippen LogP contribution in [0.1, 0.15) is 12.5 Å². The molecule has 0 aliphatic rings. The molecule has 3 N–H and O–H groups in total. The third-order valence-electron chi connectivity index (χ3n) is 5.43. The molecule has 0 saturated carbocycles. The van der Waals surface area contributed by atoms with Crippen molar-refractivity contribution in [2.24, 2.45) is 5.14 Å². The third kappa shape index (κ3) is 5.76. The van der Waals surface area contributed by atoms with Gasteiger partial charge in [-0.15, -0.1) is 0 Å². The molecule has 0 radical (unpaired) electrons. The maximum Gasteiger partial charge on any atom is 0.262 e. The summed E-state index contributed by atoms with van der Waals surface area (Å²) in [6, 6.07) is 19.9. The van der Waals surface area contributed by atoms with Gasteiger partial charge < -0.3 is 10.1 Å². The van der Waals surface area contributed by atoms with Crippen LogP contribution in [-0.4, -0.2) is 36.2 Å². The van der Waals surface area contributed by atoms with Gasteiger partial charge >= 0.3 is 0 Å². The van der Waals surface area contributed by atoms with Crippen molar-refractivity contribution in [3.05, 3.63) is 88.7 Å². The van der Waals surface area contributed by atoms with E-state index in [4.69, 9.17) is 9.88 Å². The first kappa shape index (κ1) is 25.4. The summed E-state index contributed by atoms with van der Waals surface area (Å²) in [5.74, 6) is 0.425. The fourth-order valence-electron chi connectivity index (χ4n) is 3.47. The molecule has 9 nitrogen and oxygen atoms in total. The average molecular weight is 525 g/mol. The minimum Gasteiger partial charge on any atom is -0.497 e. The fraction of sp³-hybridized carbons (Fsp3) is 0.160. The van der Waals surface area contributed by atoms with E-state index in [2.05, 4.69) is 10.3 Å². The van der Waals surface area contributed by atoms with Crippen molar-refractivity contribution in [1.29, 1.82) is 0 Å². The molecule has 1 heterocycles. The maximum atomic E-state index is 13.4. The van der Waals surface area contributed by atoms with E-state index >= 15 is 0 Å². The molecule has 0 aliphatic carbocycles. The van der Waals surface area contributed by atoms with Crippen molar-refractivity contribution >= 4 is 44.3 Å². The quantitative estimate of drug-likeness (QED) is 0.267. The first-order valence-corrected chi connectivity index (χ1v) is 13.3.